The first-order valence-corrected chi connectivity index (χ1v) is 7.06. The molecule has 1 aromatic rings. The monoisotopic (exact) mass is 298 g/mol. The van der Waals surface area contributed by atoms with Crippen LogP contribution in [0.2, 0.25) is 0 Å². The maximum atomic E-state index is 13.7. The van der Waals surface area contributed by atoms with E-state index in [0.29, 0.717) is 31.9 Å². The molecule has 21 heavy (non-hydrogen) atoms. The van der Waals surface area contributed by atoms with Crippen molar-refractivity contribution in [2.75, 3.05) is 26.3 Å². The van der Waals surface area contributed by atoms with Gasteiger partial charge in [-0.15, -0.1) is 0 Å². The van der Waals surface area contributed by atoms with Crippen LogP contribution in [0.15, 0.2) is 18.2 Å². The number of hydrogen-bond donors (Lipinski definition) is 1. The van der Waals surface area contributed by atoms with E-state index in [0.717, 1.165) is 6.07 Å². The molecule has 0 aliphatic carbocycles. The third kappa shape index (κ3) is 3.98. The fourth-order valence-corrected chi connectivity index (χ4v) is 2.45. The molecular weight excluding hydrogens is 278 g/mol. The van der Waals surface area contributed by atoms with Gasteiger partial charge in [0.25, 0.3) is 0 Å². The van der Waals surface area contributed by atoms with Crippen LogP contribution >= 0.6 is 0 Å². The number of hydrogen-bond acceptors (Lipinski definition) is 3. The topological polar surface area (TPSA) is 41.6 Å². The van der Waals surface area contributed by atoms with E-state index in [9.17, 15) is 13.6 Å². The van der Waals surface area contributed by atoms with Gasteiger partial charge in [0.2, 0.25) is 5.91 Å². The van der Waals surface area contributed by atoms with Gasteiger partial charge in [-0.1, -0.05) is 6.07 Å². The lowest BCUT2D eigenvalue weighted by Crippen LogP contribution is -2.49. The first kappa shape index (κ1) is 15.9. The van der Waals surface area contributed by atoms with Gasteiger partial charge in [-0.3, -0.25) is 10.1 Å². The molecule has 1 fully saturated rings. The Bertz CT molecular complexity index is 504. The van der Waals surface area contributed by atoms with Gasteiger partial charge in [0.05, 0.1) is 19.3 Å². The van der Waals surface area contributed by atoms with Gasteiger partial charge >= 0.3 is 0 Å². The summed E-state index contributed by atoms with van der Waals surface area (Å²) in [5.41, 5.74) is 0.345. The van der Waals surface area contributed by atoms with Crippen LogP contribution in [0.5, 0.6) is 0 Å². The molecule has 1 N–H and O–H groups in total. The average Bonchev–Trinajstić information content (AvgIpc) is 2.47. The average molecular weight is 298 g/mol. The molecule has 0 bridgehead atoms. The molecule has 0 radical (unpaired) electrons. The Morgan fingerprint density at radius 2 is 1.95 bits per heavy atom. The summed E-state index contributed by atoms with van der Waals surface area (Å²) in [5.74, 6) is -1.26. The second-order valence-electron chi connectivity index (χ2n) is 5.21. The highest BCUT2D eigenvalue weighted by molar-refractivity contribution is 5.81. The van der Waals surface area contributed by atoms with E-state index in [1.165, 1.54) is 12.1 Å². The highest BCUT2D eigenvalue weighted by atomic mass is 19.1. The number of rotatable bonds is 4. The number of amides is 1. The van der Waals surface area contributed by atoms with E-state index < -0.39 is 17.7 Å². The van der Waals surface area contributed by atoms with Crippen LogP contribution in [0.3, 0.4) is 0 Å². The van der Waals surface area contributed by atoms with Crippen molar-refractivity contribution in [3.63, 3.8) is 0 Å². The summed E-state index contributed by atoms with van der Waals surface area (Å²) in [6.07, 6.45) is 0. The molecular formula is C15H20F2N2O2. The van der Waals surface area contributed by atoms with Crippen LogP contribution in [-0.2, 0) is 9.53 Å². The quantitative estimate of drug-likeness (QED) is 0.922. The molecule has 0 saturated carbocycles. The van der Waals surface area contributed by atoms with E-state index in [2.05, 4.69) is 5.32 Å². The highest BCUT2D eigenvalue weighted by Gasteiger charge is 2.24. The zero-order chi connectivity index (χ0) is 15.4. The van der Waals surface area contributed by atoms with E-state index in [-0.39, 0.29) is 11.9 Å². The summed E-state index contributed by atoms with van der Waals surface area (Å²) >= 11 is 0. The Labute approximate surface area is 123 Å². The number of carbonyl (C=O) groups excluding carboxylic acids is 1. The fraction of sp³-hybridized carbons (Fsp3) is 0.533. The SMILES string of the molecule is CC(NC(C)c1ccc(F)cc1F)C(=O)N1CCOCC1. The molecule has 2 unspecified atom stereocenters. The minimum atomic E-state index is -0.610. The molecule has 1 aromatic carbocycles. The van der Waals surface area contributed by atoms with E-state index >= 15 is 0 Å². The molecule has 0 aromatic heterocycles. The summed E-state index contributed by atoms with van der Waals surface area (Å²) in [4.78, 5) is 14.0. The third-order valence-electron chi connectivity index (χ3n) is 3.62. The van der Waals surface area contributed by atoms with Crippen LogP contribution < -0.4 is 5.32 Å². The molecule has 4 nitrogen and oxygen atoms in total. The van der Waals surface area contributed by atoms with Crippen molar-refractivity contribution < 1.29 is 18.3 Å². The molecule has 1 saturated heterocycles. The number of ether oxygens (including phenoxy) is 1. The van der Waals surface area contributed by atoms with Crippen molar-refractivity contribution in [1.82, 2.24) is 10.2 Å². The number of carbonyl (C=O) groups is 1. The second kappa shape index (κ2) is 6.95. The maximum Gasteiger partial charge on any atom is 0.239 e. The normalized spacial score (nSPS) is 18.4. The van der Waals surface area contributed by atoms with Crippen LogP contribution in [0.1, 0.15) is 25.5 Å². The van der Waals surface area contributed by atoms with Gasteiger partial charge in [-0.05, 0) is 19.9 Å². The smallest absolute Gasteiger partial charge is 0.239 e. The Balaban J connectivity index is 1.97. The lowest BCUT2D eigenvalue weighted by molar-refractivity contribution is -0.137. The van der Waals surface area contributed by atoms with Crippen LogP contribution in [0.25, 0.3) is 0 Å². The highest BCUT2D eigenvalue weighted by Crippen LogP contribution is 2.18. The Kier molecular flexibility index (Phi) is 5.25. The number of nitrogens with zero attached hydrogens (tertiary/aromatic N) is 1. The summed E-state index contributed by atoms with van der Waals surface area (Å²) < 4.78 is 31.8. The fourth-order valence-electron chi connectivity index (χ4n) is 2.45. The Morgan fingerprint density at radius 1 is 1.29 bits per heavy atom. The van der Waals surface area contributed by atoms with Gasteiger partial charge in [-0.2, -0.15) is 0 Å². The summed E-state index contributed by atoms with van der Waals surface area (Å²) in [5, 5.41) is 3.06. The number of morpholine rings is 1. The lowest BCUT2D eigenvalue weighted by Gasteiger charge is -2.30. The van der Waals surface area contributed by atoms with Gasteiger partial charge in [0.1, 0.15) is 11.6 Å². The van der Waals surface area contributed by atoms with Crippen LogP contribution in [0.4, 0.5) is 8.78 Å². The molecule has 2 rings (SSSR count). The molecule has 2 atom stereocenters. The largest absolute Gasteiger partial charge is 0.378 e. The first-order valence-electron chi connectivity index (χ1n) is 7.06. The molecule has 1 aliphatic rings. The lowest BCUT2D eigenvalue weighted by atomic mass is 10.1. The molecule has 0 spiro atoms. The minimum absolute atomic E-state index is 0.0346. The summed E-state index contributed by atoms with van der Waals surface area (Å²) in [6.45, 7) is 5.73. The Morgan fingerprint density at radius 3 is 2.57 bits per heavy atom. The van der Waals surface area contributed by atoms with Gasteiger partial charge < -0.3 is 9.64 Å². The van der Waals surface area contributed by atoms with Gasteiger partial charge in [-0.25, -0.2) is 8.78 Å². The minimum Gasteiger partial charge on any atom is -0.378 e. The predicted octanol–water partition coefficient (Wildman–Crippen LogP) is 1.86. The number of nitrogens with one attached hydrogen (secondary N) is 1. The third-order valence-corrected chi connectivity index (χ3v) is 3.62. The molecule has 6 heteroatoms. The van der Waals surface area contributed by atoms with Crippen molar-refractivity contribution in [3.05, 3.63) is 35.4 Å². The Hall–Kier alpha value is -1.53. The first-order chi connectivity index (χ1) is 9.99. The summed E-state index contributed by atoms with van der Waals surface area (Å²) in [6, 6.07) is 2.63. The standard InChI is InChI=1S/C15H20F2N2O2/c1-10(13-4-3-12(16)9-14(13)17)18-11(2)15(20)19-5-7-21-8-6-19/h3-4,9-11,18H,5-8H2,1-2H3. The maximum absolute atomic E-state index is 13.7. The van der Waals surface area contributed by atoms with E-state index in [4.69, 9.17) is 4.74 Å². The molecule has 116 valence electrons. The van der Waals surface area contributed by atoms with Gasteiger partial charge in [0.15, 0.2) is 0 Å². The molecule has 1 amide bonds. The predicted molar refractivity (Wildman–Crippen MR) is 74.8 cm³/mol. The zero-order valence-corrected chi connectivity index (χ0v) is 12.2. The summed E-state index contributed by atoms with van der Waals surface area (Å²) in [7, 11) is 0. The number of halogens is 2. The molecule has 1 heterocycles. The van der Waals surface area contributed by atoms with Crippen LogP contribution in [-0.4, -0.2) is 43.2 Å². The van der Waals surface area contributed by atoms with Crippen molar-refractivity contribution >= 4 is 5.91 Å². The van der Waals surface area contributed by atoms with Crippen LogP contribution in [0, 0.1) is 11.6 Å². The van der Waals surface area contributed by atoms with E-state index in [1.807, 2.05) is 0 Å². The second-order valence-corrected chi connectivity index (χ2v) is 5.21. The van der Waals surface area contributed by atoms with Crippen molar-refractivity contribution in [2.45, 2.75) is 25.9 Å². The van der Waals surface area contributed by atoms with Gasteiger partial charge in [0, 0.05) is 30.8 Å². The van der Waals surface area contributed by atoms with Crippen molar-refractivity contribution in [3.8, 4) is 0 Å². The van der Waals surface area contributed by atoms with Crippen molar-refractivity contribution in [1.29, 1.82) is 0 Å². The zero-order valence-electron chi connectivity index (χ0n) is 12.2. The van der Waals surface area contributed by atoms with E-state index in [1.54, 1.807) is 18.7 Å². The molecule has 1 aliphatic heterocycles. The number of benzene rings is 1. The van der Waals surface area contributed by atoms with Crippen molar-refractivity contribution in [2.24, 2.45) is 0 Å².